The van der Waals surface area contributed by atoms with Gasteiger partial charge in [-0.05, 0) is 12.0 Å². The maximum absolute atomic E-state index is 11.2. The molecule has 1 heterocycles. The van der Waals surface area contributed by atoms with E-state index in [1.807, 2.05) is 24.3 Å². The highest BCUT2D eigenvalue weighted by Crippen LogP contribution is 2.26. The van der Waals surface area contributed by atoms with Gasteiger partial charge in [-0.1, -0.05) is 31.2 Å². The molecular weight excluding hydrogens is 242 g/mol. The number of aldehydes is 1. The summed E-state index contributed by atoms with van der Waals surface area (Å²) in [4.78, 5) is 11.2. The van der Waals surface area contributed by atoms with Crippen LogP contribution in [0.4, 0.5) is 5.82 Å². The molecule has 0 amide bonds. The summed E-state index contributed by atoms with van der Waals surface area (Å²) in [5.41, 5.74) is 8.99. The van der Waals surface area contributed by atoms with Crippen LogP contribution < -0.4 is 5.73 Å². The van der Waals surface area contributed by atoms with E-state index in [4.69, 9.17) is 10.5 Å². The average Bonchev–Trinajstić information content (AvgIpc) is 2.76. The van der Waals surface area contributed by atoms with Crippen molar-refractivity contribution in [2.24, 2.45) is 0 Å². The first kappa shape index (κ1) is 13.3. The molecule has 2 N–H and O–H groups in total. The van der Waals surface area contributed by atoms with Crippen LogP contribution in [0, 0.1) is 0 Å². The number of anilines is 1. The second-order valence-electron chi connectivity index (χ2n) is 4.23. The fourth-order valence-corrected chi connectivity index (χ4v) is 1.94. The Morgan fingerprint density at radius 3 is 2.58 bits per heavy atom. The lowest BCUT2D eigenvalue weighted by atomic mass is 10.1. The number of nitrogen functional groups attached to an aromatic ring is 1. The first-order valence-corrected chi connectivity index (χ1v) is 6.11. The number of carbonyl (C=O) groups is 1. The topological polar surface area (TPSA) is 70.1 Å². The van der Waals surface area contributed by atoms with E-state index in [0.29, 0.717) is 17.1 Å². The number of hydrogen-bond acceptors (Lipinski definition) is 4. The molecule has 2 rings (SSSR count). The quantitative estimate of drug-likeness (QED) is 0.835. The van der Waals surface area contributed by atoms with E-state index < -0.39 is 0 Å². The summed E-state index contributed by atoms with van der Waals surface area (Å²) in [6.07, 6.45) is 1.71. The average molecular weight is 259 g/mol. The summed E-state index contributed by atoms with van der Waals surface area (Å²) in [6.45, 7) is 2.32. The minimum absolute atomic E-state index is 0.222. The third kappa shape index (κ3) is 2.51. The molecule has 0 aliphatic rings. The zero-order valence-electron chi connectivity index (χ0n) is 11.1. The van der Waals surface area contributed by atoms with E-state index in [1.54, 1.807) is 7.11 Å². The van der Waals surface area contributed by atoms with Gasteiger partial charge in [0.05, 0.1) is 5.56 Å². The number of nitrogens with zero attached hydrogens (tertiary/aromatic N) is 2. The molecule has 0 bridgehead atoms. The molecule has 0 saturated carbocycles. The molecule has 5 heteroatoms. The Kier molecular flexibility index (Phi) is 3.97. The molecule has 19 heavy (non-hydrogen) atoms. The lowest BCUT2D eigenvalue weighted by Gasteiger charge is -2.01. The van der Waals surface area contributed by atoms with Crippen molar-refractivity contribution in [2.75, 3.05) is 12.8 Å². The van der Waals surface area contributed by atoms with Crippen molar-refractivity contribution in [1.82, 2.24) is 9.78 Å². The molecule has 0 unspecified atom stereocenters. The monoisotopic (exact) mass is 259 g/mol. The fraction of sp³-hybridized carbons (Fsp3) is 0.286. The third-order valence-electron chi connectivity index (χ3n) is 3.03. The first-order chi connectivity index (χ1) is 9.21. The predicted molar refractivity (Wildman–Crippen MR) is 73.8 cm³/mol. The summed E-state index contributed by atoms with van der Waals surface area (Å²) in [5, 5.41) is 4.33. The standard InChI is InChI=1S/C14H17N3O2/c1-3-10-4-6-11(7-5-10)13-12(8-18)14(15)17(16-13)9-19-2/h4-8H,3,9,15H2,1-2H3. The number of benzene rings is 1. The van der Waals surface area contributed by atoms with Gasteiger partial charge in [-0.2, -0.15) is 5.10 Å². The van der Waals surface area contributed by atoms with Crippen molar-refractivity contribution >= 4 is 12.1 Å². The van der Waals surface area contributed by atoms with Crippen LogP contribution in [0.25, 0.3) is 11.3 Å². The number of hydrogen-bond donors (Lipinski definition) is 1. The second kappa shape index (κ2) is 5.67. The van der Waals surface area contributed by atoms with Crippen LogP contribution in [0.1, 0.15) is 22.8 Å². The molecule has 0 aliphatic carbocycles. The number of ether oxygens (including phenoxy) is 1. The molecule has 2 aromatic rings. The van der Waals surface area contributed by atoms with Crippen LogP contribution >= 0.6 is 0 Å². The SMILES string of the molecule is CCc1ccc(-c2nn(COC)c(N)c2C=O)cc1. The molecule has 0 saturated heterocycles. The Bertz CT molecular complexity index is 573. The largest absolute Gasteiger partial charge is 0.383 e. The van der Waals surface area contributed by atoms with E-state index in [0.717, 1.165) is 18.3 Å². The van der Waals surface area contributed by atoms with Crippen LogP contribution in [0.5, 0.6) is 0 Å². The number of aromatic nitrogens is 2. The minimum Gasteiger partial charge on any atom is -0.383 e. The summed E-state index contributed by atoms with van der Waals surface area (Å²) in [7, 11) is 1.55. The Morgan fingerprint density at radius 1 is 1.37 bits per heavy atom. The maximum Gasteiger partial charge on any atom is 0.156 e. The van der Waals surface area contributed by atoms with Crippen molar-refractivity contribution in [3.8, 4) is 11.3 Å². The lowest BCUT2D eigenvalue weighted by Crippen LogP contribution is -2.06. The van der Waals surface area contributed by atoms with Gasteiger partial charge in [-0.3, -0.25) is 4.79 Å². The van der Waals surface area contributed by atoms with Gasteiger partial charge in [0.25, 0.3) is 0 Å². The Labute approximate surface area is 112 Å². The highest BCUT2D eigenvalue weighted by atomic mass is 16.5. The maximum atomic E-state index is 11.2. The zero-order chi connectivity index (χ0) is 13.8. The molecule has 1 aromatic heterocycles. The number of rotatable bonds is 5. The summed E-state index contributed by atoms with van der Waals surface area (Å²) in [6, 6.07) is 7.94. The lowest BCUT2D eigenvalue weighted by molar-refractivity contribution is 0.112. The molecule has 1 aromatic carbocycles. The van der Waals surface area contributed by atoms with Crippen molar-refractivity contribution in [3.63, 3.8) is 0 Å². The van der Waals surface area contributed by atoms with E-state index >= 15 is 0 Å². The molecule has 100 valence electrons. The number of aryl methyl sites for hydroxylation is 1. The Hall–Kier alpha value is -2.14. The summed E-state index contributed by atoms with van der Waals surface area (Å²) in [5.74, 6) is 0.325. The van der Waals surface area contributed by atoms with Gasteiger partial charge in [0.1, 0.15) is 18.2 Å². The van der Waals surface area contributed by atoms with Crippen molar-refractivity contribution in [1.29, 1.82) is 0 Å². The summed E-state index contributed by atoms with van der Waals surface area (Å²) >= 11 is 0. The molecule has 5 nitrogen and oxygen atoms in total. The van der Waals surface area contributed by atoms with Crippen molar-refractivity contribution in [2.45, 2.75) is 20.1 Å². The molecule has 0 atom stereocenters. The zero-order valence-corrected chi connectivity index (χ0v) is 11.1. The van der Waals surface area contributed by atoms with Crippen LogP contribution in [-0.2, 0) is 17.9 Å². The molecular formula is C14H17N3O2. The number of carbonyl (C=O) groups excluding carboxylic acids is 1. The van der Waals surface area contributed by atoms with Crippen molar-refractivity contribution < 1.29 is 9.53 Å². The van der Waals surface area contributed by atoms with Gasteiger partial charge >= 0.3 is 0 Å². The third-order valence-corrected chi connectivity index (χ3v) is 3.03. The highest BCUT2D eigenvalue weighted by molar-refractivity contribution is 5.91. The van der Waals surface area contributed by atoms with E-state index in [2.05, 4.69) is 12.0 Å². The highest BCUT2D eigenvalue weighted by Gasteiger charge is 2.16. The van der Waals surface area contributed by atoms with Crippen molar-refractivity contribution in [3.05, 3.63) is 35.4 Å². The van der Waals surface area contributed by atoms with Gasteiger partial charge in [0.2, 0.25) is 0 Å². The number of methoxy groups -OCH3 is 1. The molecule has 0 aliphatic heterocycles. The second-order valence-corrected chi connectivity index (χ2v) is 4.23. The van der Waals surface area contributed by atoms with Gasteiger partial charge in [-0.25, -0.2) is 4.68 Å². The first-order valence-electron chi connectivity index (χ1n) is 6.11. The molecule has 0 radical (unpaired) electrons. The summed E-state index contributed by atoms with van der Waals surface area (Å²) < 4.78 is 6.48. The van der Waals surface area contributed by atoms with Gasteiger partial charge in [-0.15, -0.1) is 0 Å². The normalized spacial score (nSPS) is 10.6. The smallest absolute Gasteiger partial charge is 0.156 e. The predicted octanol–water partition coefficient (Wildman–Crippen LogP) is 2.11. The Balaban J connectivity index is 2.47. The van der Waals surface area contributed by atoms with E-state index in [1.165, 1.54) is 10.2 Å². The molecule has 0 fully saturated rings. The Morgan fingerprint density at radius 2 is 2.05 bits per heavy atom. The molecule has 0 spiro atoms. The van der Waals surface area contributed by atoms with E-state index in [-0.39, 0.29) is 6.73 Å². The fourth-order valence-electron chi connectivity index (χ4n) is 1.94. The van der Waals surface area contributed by atoms with Gasteiger partial charge in [0.15, 0.2) is 6.29 Å². The van der Waals surface area contributed by atoms with Crippen LogP contribution in [0.15, 0.2) is 24.3 Å². The van der Waals surface area contributed by atoms with Crippen LogP contribution in [0.3, 0.4) is 0 Å². The van der Waals surface area contributed by atoms with Gasteiger partial charge in [0, 0.05) is 12.7 Å². The van der Waals surface area contributed by atoms with Crippen LogP contribution in [0.2, 0.25) is 0 Å². The number of nitrogens with two attached hydrogens (primary N) is 1. The van der Waals surface area contributed by atoms with E-state index in [9.17, 15) is 4.79 Å². The van der Waals surface area contributed by atoms with Gasteiger partial charge < -0.3 is 10.5 Å². The minimum atomic E-state index is 0.222. The van der Waals surface area contributed by atoms with Crippen LogP contribution in [-0.4, -0.2) is 23.2 Å².